The van der Waals surface area contributed by atoms with Crippen molar-refractivity contribution in [2.45, 2.75) is 45.2 Å². The monoisotopic (exact) mass is 378 g/mol. The quantitative estimate of drug-likeness (QED) is 0.854. The molecule has 1 N–H and O–H groups in total. The van der Waals surface area contributed by atoms with E-state index >= 15 is 0 Å². The van der Waals surface area contributed by atoms with E-state index < -0.39 is 0 Å². The molecule has 0 radical (unpaired) electrons. The van der Waals surface area contributed by atoms with Gasteiger partial charge in [-0.1, -0.05) is 18.0 Å². The fourth-order valence-corrected chi connectivity index (χ4v) is 3.94. The van der Waals surface area contributed by atoms with Gasteiger partial charge in [0.05, 0.1) is 16.3 Å². The van der Waals surface area contributed by atoms with Crippen molar-refractivity contribution in [3.8, 4) is 23.0 Å². The van der Waals surface area contributed by atoms with Gasteiger partial charge < -0.3 is 19.0 Å². The molecule has 0 spiro atoms. The maximum atomic E-state index is 9.32. The highest BCUT2D eigenvalue weighted by Gasteiger charge is 2.25. The molecule has 2 aliphatic rings. The predicted octanol–water partition coefficient (Wildman–Crippen LogP) is 3.77. The van der Waals surface area contributed by atoms with E-state index in [4.69, 9.17) is 30.5 Å². The predicted molar refractivity (Wildman–Crippen MR) is 97.6 cm³/mol. The van der Waals surface area contributed by atoms with E-state index in [1.165, 1.54) is 12.8 Å². The first kappa shape index (κ1) is 17.6. The second kappa shape index (κ2) is 7.47. The summed E-state index contributed by atoms with van der Waals surface area (Å²) < 4.78 is 16.7. The first-order valence-electron chi connectivity index (χ1n) is 9.06. The fourth-order valence-electron chi connectivity index (χ4n) is 3.71. The van der Waals surface area contributed by atoms with E-state index in [0.717, 1.165) is 37.4 Å². The summed E-state index contributed by atoms with van der Waals surface area (Å²) in [5.41, 5.74) is 1.62. The summed E-state index contributed by atoms with van der Waals surface area (Å²) in [4.78, 5) is 7.10. The zero-order chi connectivity index (χ0) is 18.1. The molecule has 1 fully saturated rings. The van der Waals surface area contributed by atoms with Crippen LogP contribution in [0.4, 0.5) is 0 Å². The summed E-state index contributed by atoms with van der Waals surface area (Å²) in [7, 11) is 0. The van der Waals surface area contributed by atoms with Gasteiger partial charge in [0.2, 0.25) is 12.7 Å². The average molecular weight is 379 g/mol. The topological polar surface area (TPSA) is 68.0 Å². The van der Waals surface area contributed by atoms with Gasteiger partial charge in [-0.2, -0.15) is 0 Å². The molecule has 7 heteroatoms. The standard InChI is InChI=1S/C19H23ClN2O4/c1-12-16(10-22-6-3-2-4-13(22)5-7-23)21-19(26-12)14-8-17-18(9-15(14)20)25-11-24-17/h8-9,13,23H,2-7,10-11H2,1H3. The average Bonchev–Trinajstić information content (AvgIpc) is 3.22. The Kier molecular flexibility index (Phi) is 5.07. The molecule has 2 aromatic rings. The van der Waals surface area contributed by atoms with Gasteiger partial charge in [0.15, 0.2) is 11.5 Å². The van der Waals surface area contributed by atoms with E-state index in [1.807, 2.05) is 13.0 Å². The smallest absolute Gasteiger partial charge is 0.231 e. The maximum absolute atomic E-state index is 9.32. The van der Waals surface area contributed by atoms with E-state index in [-0.39, 0.29) is 13.4 Å². The number of rotatable bonds is 5. The Morgan fingerprint density at radius 2 is 2.08 bits per heavy atom. The molecule has 1 unspecified atom stereocenters. The summed E-state index contributed by atoms with van der Waals surface area (Å²) in [5.74, 6) is 2.59. The summed E-state index contributed by atoms with van der Waals surface area (Å²) in [6.45, 7) is 4.10. The van der Waals surface area contributed by atoms with Gasteiger partial charge in [-0.05, 0) is 38.8 Å². The van der Waals surface area contributed by atoms with E-state index in [9.17, 15) is 5.11 Å². The molecule has 2 aliphatic heterocycles. The van der Waals surface area contributed by atoms with Gasteiger partial charge >= 0.3 is 0 Å². The van der Waals surface area contributed by atoms with Crippen LogP contribution in [0.2, 0.25) is 5.02 Å². The molecule has 6 nitrogen and oxygen atoms in total. The number of nitrogens with zero attached hydrogens (tertiary/aromatic N) is 2. The highest BCUT2D eigenvalue weighted by atomic mass is 35.5. The Morgan fingerprint density at radius 1 is 1.27 bits per heavy atom. The molecule has 26 heavy (non-hydrogen) atoms. The fraction of sp³-hybridized carbons (Fsp3) is 0.526. The largest absolute Gasteiger partial charge is 0.454 e. The van der Waals surface area contributed by atoms with Crippen molar-refractivity contribution < 1.29 is 19.0 Å². The number of aliphatic hydroxyl groups excluding tert-OH is 1. The number of ether oxygens (including phenoxy) is 2. The summed E-state index contributed by atoms with van der Waals surface area (Å²) in [6.07, 6.45) is 4.33. The number of hydrogen-bond donors (Lipinski definition) is 1. The number of fused-ring (bicyclic) bond motifs is 1. The summed E-state index contributed by atoms with van der Waals surface area (Å²) in [6, 6.07) is 3.96. The van der Waals surface area contributed by atoms with Gasteiger partial charge in [0.1, 0.15) is 5.76 Å². The Morgan fingerprint density at radius 3 is 2.88 bits per heavy atom. The molecule has 1 aromatic heterocycles. The molecule has 1 aromatic carbocycles. The van der Waals surface area contributed by atoms with Crippen molar-refractivity contribution >= 4 is 11.6 Å². The van der Waals surface area contributed by atoms with Crippen LogP contribution >= 0.6 is 11.6 Å². The lowest BCUT2D eigenvalue weighted by molar-refractivity contribution is 0.111. The van der Waals surface area contributed by atoms with Crippen LogP contribution in [-0.4, -0.2) is 41.0 Å². The molecule has 3 heterocycles. The lowest BCUT2D eigenvalue weighted by Crippen LogP contribution is -2.39. The number of piperidine rings is 1. The highest BCUT2D eigenvalue weighted by Crippen LogP contribution is 2.41. The minimum Gasteiger partial charge on any atom is -0.454 e. The molecular formula is C19H23ClN2O4. The number of likely N-dealkylation sites (tertiary alicyclic amines) is 1. The molecule has 4 rings (SSSR count). The third-order valence-electron chi connectivity index (χ3n) is 5.15. The lowest BCUT2D eigenvalue weighted by atomic mass is 9.99. The number of halogens is 1. The van der Waals surface area contributed by atoms with Gasteiger partial charge in [-0.3, -0.25) is 4.90 Å². The van der Waals surface area contributed by atoms with Gasteiger partial charge in [-0.25, -0.2) is 4.98 Å². The molecule has 0 amide bonds. The number of aryl methyl sites for hydroxylation is 1. The van der Waals surface area contributed by atoms with Crippen LogP contribution in [0.1, 0.15) is 37.1 Å². The first-order valence-corrected chi connectivity index (χ1v) is 9.44. The highest BCUT2D eigenvalue weighted by molar-refractivity contribution is 6.33. The van der Waals surface area contributed by atoms with Crippen LogP contribution in [0.25, 0.3) is 11.5 Å². The zero-order valence-electron chi connectivity index (χ0n) is 14.8. The van der Waals surface area contributed by atoms with Crippen LogP contribution in [0.3, 0.4) is 0 Å². The van der Waals surface area contributed by atoms with Crippen LogP contribution in [0.5, 0.6) is 11.5 Å². The maximum Gasteiger partial charge on any atom is 0.231 e. The van der Waals surface area contributed by atoms with E-state index in [2.05, 4.69) is 4.90 Å². The molecule has 0 saturated carbocycles. The van der Waals surface area contributed by atoms with Gasteiger partial charge in [0, 0.05) is 25.3 Å². The van der Waals surface area contributed by atoms with Crippen LogP contribution in [0.15, 0.2) is 16.5 Å². The minimum atomic E-state index is 0.201. The van der Waals surface area contributed by atoms with E-state index in [0.29, 0.717) is 34.0 Å². The van der Waals surface area contributed by atoms with Crippen molar-refractivity contribution in [2.75, 3.05) is 19.9 Å². The molecule has 1 atom stereocenters. The third kappa shape index (κ3) is 3.41. The lowest BCUT2D eigenvalue weighted by Gasteiger charge is -2.35. The summed E-state index contributed by atoms with van der Waals surface area (Å²) >= 11 is 6.39. The number of aromatic nitrogens is 1. The van der Waals surface area contributed by atoms with Crippen LogP contribution in [0, 0.1) is 6.92 Å². The Balaban J connectivity index is 1.58. The van der Waals surface area contributed by atoms with Crippen molar-refractivity contribution in [1.82, 2.24) is 9.88 Å². The molecular weight excluding hydrogens is 356 g/mol. The van der Waals surface area contributed by atoms with Gasteiger partial charge in [0.25, 0.3) is 0 Å². The Bertz CT molecular complexity index is 790. The Hall–Kier alpha value is -1.76. The SMILES string of the molecule is Cc1oc(-c2cc3c(cc2Cl)OCO3)nc1CN1CCCCC1CCO. The molecule has 0 bridgehead atoms. The Labute approximate surface area is 157 Å². The molecule has 1 saturated heterocycles. The third-order valence-corrected chi connectivity index (χ3v) is 5.46. The van der Waals surface area contributed by atoms with Crippen LogP contribution in [-0.2, 0) is 6.54 Å². The van der Waals surface area contributed by atoms with Gasteiger partial charge in [-0.15, -0.1) is 0 Å². The number of benzene rings is 1. The van der Waals surface area contributed by atoms with Crippen molar-refractivity contribution in [2.24, 2.45) is 0 Å². The second-order valence-electron chi connectivity index (χ2n) is 6.84. The number of hydrogen-bond acceptors (Lipinski definition) is 6. The number of aliphatic hydroxyl groups is 1. The minimum absolute atomic E-state index is 0.201. The molecule has 140 valence electrons. The zero-order valence-corrected chi connectivity index (χ0v) is 15.6. The molecule has 0 aliphatic carbocycles. The van der Waals surface area contributed by atoms with Crippen molar-refractivity contribution in [3.05, 3.63) is 28.6 Å². The van der Waals surface area contributed by atoms with Crippen LogP contribution < -0.4 is 9.47 Å². The first-order chi connectivity index (χ1) is 12.7. The second-order valence-corrected chi connectivity index (χ2v) is 7.25. The summed E-state index contributed by atoms with van der Waals surface area (Å²) in [5, 5.41) is 9.85. The normalized spacial score (nSPS) is 19.9. The van der Waals surface area contributed by atoms with E-state index in [1.54, 1.807) is 6.07 Å². The van der Waals surface area contributed by atoms with Crippen molar-refractivity contribution in [1.29, 1.82) is 0 Å². The van der Waals surface area contributed by atoms with Crippen molar-refractivity contribution in [3.63, 3.8) is 0 Å². The number of oxazole rings is 1.